The molecular formula is C20H21ClN2O3S. The zero-order valence-electron chi connectivity index (χ0n) is 15.0. The lowest BCUT2D eigenvalue weighted by Gasteiger charge is -2.19. The number of thiocarbonyl (C=S) groups is 1. The second kappa shape index (κ2) is 9.06. The van der Waals surface area contributed by atoms with Gasteiger partial charge >= 0.3 is 0 Å². The van der Waals surface area contributed by atoms with E-state index in [0.717, 1.165) is 23.6 Å². The Hall–Kier alpha value is -2.31. The number of methoxy groups -OCH3 is 1. The Morgan fingerprint density at radius 3 is 2.63 bits per heavy atom. The Balaban J connectivity index is 1.63. The summed E-state index contributed by atoms with van der Waals surface area (Å²) in [4.78, 5) is 15.1. The van der Waals surface area contributed by atoms with Crippen LogP contribution < -0.4 is 14.8 Å². The van der Waals surface area contributed by atoms with E-state index < -0.39 is 0 Å². The number of nitrogens with one attached hydrogen (secondary N) is 1. The number of amides is 1. The largest absolute Gasteiger partial charge is 0.493 e. The van der Waals surface area contributed by atoms with Crippen molar-refractivity contribution in [3.63, 3.8) is 0 Å². The molecule has 1 saturated heterocycles. The fraction of sp³-hybridized carbons (Fsp3) is 0.300. The maximum absolute atomic E-state index is 12.1. The van der Waals surface area contributed by atoms with Crippen molar-refractivity contribution in [1.29, 1.82) is 0 Å². The van der Waals surface area contributed by atoms with Crippen LogP contribution in [0.25, 0.3) is 0 Å². The van der Waals surface area contributed by atoms with Crippen LogP contribution >= 0.6 is 23.8 Å². The summed E-state index contributed by atoms with van der Waals surface area (Å²) in [6.45, 7) is 1.82. The molecule has 1 aliphatic heterocycles. The van der Waals surface area contributed by atoms with Crippen LogP contribution in [0.3, 0.4) is 0 Å². The highest BCUT2D eigenvalue weighted by molar-refractivity contribution is 7.80. The van der Waals surface area contributed by atoms with Gasteiger partial charge in [-0.2, -0.15) is 0 Å². The zero-order valence-corrected chi connectivity index (χ0v) is 16.6. The van der Waals surface area contributed by atoms with Crippen LogP contribution in [0.5, 0.6) is 11.5 Å². The van der Waals surface area contributed by atoms with Crippen LogP contribution in [0.1, 0.15) is 18.4 Å². The third-order valence-corrected chi connectivity index (χ3v) is 5.13. The van der Waals surface area contributed by atoms with Crippen molar-refractivity contribution in [3.8, 4) is 11.5 Å². The summed E-state index contributed by atoms with van der Waals surface area (Å²) >= 11 is 11.6. The number of hydrogen-bond acceptors (Lipinski definition) is 4. The van der Waals surface area contributed by atoms with Crippen molar-refractivity contribution in [2.75, 3.05) is 32.1 Å². The first-order chi connectivity index (χ1) is 13.1. The normalized spacial score (nSPS) is 13.3. The van der Waals surface area contributed by atoms with Gasteiger partial charge in [-0.1, -0.05) is 36.0 Å². The Morgan fingerprint density at radius 1 is 1.19 bits per heavy atom. The monoisotopic (exact) mass is 404 g/mol. The van der Waals surface area contributed by atoms with E-state index in [0.29, 0.717) is 22.2 Å². The van der Waals surface area contributed by atoms with Crippen LogP contribution in [0, 0.1) is 0 Å². The highest BCUT2D eigenvalue weighted by atomic mass is 35.5. The minimum atomic E-state index is -0.304. The van der Waals surface area contributed by atoms with E-state index in [-0.39, 0.29) is 12.5 Å². The summed E-state index contributed by atoms with van der Waals surface area (Å²) in [6, 6.07) is 12.6. The molecule has 1 heterocycles. The molecule has 1 fully saturated rings. The molecule has 27 heavy (non-hydrogen) atoms. The molecule has 1 aliphatic rings. The Kier molecular flexibility index (Phi) is 6.53. The molecule has 0 saturated carbocycles. The fourth-order valence-electron chi connectivity index (χ4n) is 2.91. The Labute approximate surface area is 169 Å². The van der Waals surface area contributed by atoms with Crippen LogP contribution in [0.2, 0.25) is 5.02 Å². The predicted molar refractivity (Wildman–Crippen MR) is 111 cm³/mol. The van der Waals surface area contributed by atoms with Gasteiger partial charge < -0.3 is 19.7 Å². The topological polar surface area (TPSA) is 50.8 Å². The first-order valence-electron chi connectivity index (χ1n) is 8.73. The molecule has 0 aliphatic carbocycles. The molecular weight excluding hydrogens is 384 g/mol. The highest BCUT2D eigenvalue weighted by Gasteiger charge is 2.18. The van der Waals surface area contributed by atoms with Crippen molar-refractivity contribution in [2.24, 2.45) is 0 Å². The van der Waals surface area contributed by atoms with Crippen LogP contribution in [0.4, 0.5) is 5.69 Å². The van der Waals surface area contributed by atoms with E-state index in [1.54, 1.807) is 37.4 Å². The first-order valence-corrected chi connectivity index (χ1v) is 9.51. The maximum Gasteiger partial charge on any atom is 0.262 e. The Morgan fingerprint density at radius 2 is 1.93 bits per heavy atom. The molecule has 2 aromatic rings. The van der Waals surface area contributed by atoms with Gasteiger partial charge in [0, 0.05) is 18.7 Å². The Bertz CT molecular complexity index is 838. The van der Waals surface area contributed by atoms with Gasteiger partial charge in [-0.3, -0.25) is 4.79 Å². The molecule has 0 radical (unpaired) electrons. The van der Waals surface area contributed by atoms with Crippen LogP contribution in [-0.2, 0) is 4.79 Å². The lowest BCUT2D eigenvalue weighted by molar-refractivity contribution is -0.118. The number of para-hydroxylation sites is 1. The van der Waals surface area contributed by atoms with Gasteiger partial charge in [-0.05, 0) is 43.2 Å². The second-order valence-electron chi connectivity index (χ2n) is 6.18. The molecule has 0 unspecified atom stereocenters. The van der Waals surface area contributed by atoms with Crippen LogP contribution in [-0.4, -0.2) is 42.6 Å². The molecule has 1 N–H and O–H groups in total. The maximum atomic E-state index is 12.1. The molecule has 7 heteroatoms. The van der Waals surface area contributed by atoms with Gasteiger partial charge in [0.25, 0.3) is 5.91 Å². The smallest absolute Gasteiger partial charge is 0.262 e. The highest BCUT2D eigenvalue weighted by Crippen LogP contribution is 2.29. The average Bonchev–Trinajstić information content (AvgIpc) is 3.22. The zero-order chi connectivity index (χ0) is 19.2. The lowest BCUT2D eigenvalue weighted by atomic mass is 10.2. The molecule has 0 atom stereocenters. The summed E-state index contributed by atoms with van der Waals surface area (Å²) < 4.78 is 11.0. The first kappa shape index (κ1) is 19.5. The van der Waals surface area contributed by atoms with Crippen molar-refractivity contribution in [3.05, 3.63) is 53.1 Å². The van der Waals surface area contributed by atoms with E-state index in [1.165, 1.54) is 12.8 Å². The number of rotatable bonds is 6. The predicted octanol–water partition coefficient (Wildman–Crippen LogP) is 4.14. The van der Waals surface area contributed by atoms with E-state index in [1.807, 2.05) is 12.1 Å². The average molecular weight is 405 g/mol. The molecule has 1 amide bonds. The van der Waals surface area contributed by atoms with Gasteiger partial charge in [0.2, 0.25) is 0 Å². The van der Waals surface area contributed by atoms with Gasteiger partial charge in [0.15, 0.2) is 18.1 Å². The van der Waals surface area contributed by atoms with Crippen LogP contribution in [0.15, 0.2) is 42.5 Å². The van der Waals surface area contributed by atoms with Gasteiger partial charge in [-0.15, -0.1) is 0 Å². The molecule has 3 rings (SSSR count). The number of likely N-dealkylation sites (tertiary alicyclic amines) is 1. The van der Waals surface area contributed by atoms with E-state index in [2.05, 4.69) is 10.2 Å². The van der Waals surface area contributed by atoms with Gasteiger partial charge in [0.1, 0.15) is 4.99 Å². The second-order valence-corrected chi connectivity index (χ2v) is 6.98. The number of halogens is 1. The summed E-state index contributed by atoms with van der Waals surface area (Å²) in [5.74, 6) is 0.723. The lowest BCUT2D eigenvalue weighted by Crippen LogP contribution is -2.26. The summed E-state index contributed by atoms with van der Waals surface area (Å²) in [6.07, 6.45) is 2.33. The number of anilines is 1. The van der Waals surface area contributed by atoms with E-state index >= 15 is 0 Å². The molecule has 2 aromatic carbocycles. The van der Waals surface area contributed by atoms with Crippen molar-refractivity contribution >= 4 is 40.4 Å². The van der Waals surface area contributed by atoms with Crippen molar-refractivity contribution in [2.45, 2.75) is 12.8 Å². The number of benzene rings is 2. The molecule has 0 spiro atoms. The number of carbonyl (C=O) groups is 1. The molecule has 0 bridgehead atoms. The third-order valence-electron chi connectivity index (χ3n) is 4.31. The molecule has 0 aromatic heterocycles. The minimum absolute atomic E-state index is 0.155. The number of carbonyl (C=O) groups excluding carboxylic acids is 1. The minimum Gasteiger partial charge on any atom is -0.493 e. The van der Waals surface area contributed by atoms with Gasteiger partial charge in [-0.25, -0.2) is 0 Å². The number of nitrogens with zero attached hydrogens (tertiary/aromatic N) is 1. The summed E-state index contributed by atoms with van der Waals surface area (Å²) in [7, 11) is 1.56. The molecule has 142 valence electrons. The van der Waals surface area contributed by atoms with Gasteiger partial charge in [0.05, 0.1) is 17.8 Å². The molecule has 5 nitrogen and oxygen atoms in total. The third kappa shape index (κ3) is 4.90. The van der Waals surface area contributed by atoms with E-state index in [4.69, 9.17) is 33.3 Å². The number of ether oxygens (including phenoxy) is 2. The van der Waals surface area contributed by atoms with E-state index in [9.17, 15) is 4.79 Å². The number of hydrogen-bond donors (Lipinski definition) is 1. The standard InChI is InChI=1S/C20H21ClN2O3S/c1-25-18-12-14(20(27)23-10-4-5-11-23)8-9-17(18)26-13-19(24)22-16-7-3-2-6-15(16)21/h2-3,6-9,12H,4-5,10-11,13H2,1H3,(H,22,24). The SMILES string of the molecule is COc1cc(C(=S)N2CCCC2)ccc1OCC(=O)Nc1ccccc1Cl. The van der Waals surface area contributed by atoms with Crippen molar-refractivity contribution in [1.82, 2.24) is 4.90 Å². The van der Waals surface area contributed by atoms with Crippen molar-refractivity contribution < 1.29 is 14.3 Å². The quantitative estimate of drug-likeness (QED) is 0.733. The summed E-state index contributed by atoms with van der Waals surface area (Å²) in [5, 5.41) is 3.20. The summed E-state index contributed by atoms with van der Waals surface area (Å²) in [5.41, 5.74) is 1.46. The fourth-order valence-corrected chi connectivity index (χ4v) is 3.41.